The first-order valence-corrected chi connectivity index (χ1v) is 11.0. The lowest BCUT2D eigenvalue weighted by Gasteiger charge is -2.20. The molecule has 2 heterocycles. The summed E-state index contributed by atoms with van der Waals surface area (Å²) >= 11 is 0. The summed E-state index contributed by atoms with van der Waals surface area (Å²) < 4.78 is 13.9. The second-order valence-corrected chi connectivity index (χ2v) is 8.71. The Labute approximate surface area is 185 Å². The highest BCUT2D eigenvalue weighted by molar-refractivity contribution is 5.93. The predicted octanol–water partition coefficient (Wildman–Crippen LogP) is 3.18. The number of benzene rings is 2. The molecule has 1 saturated carbocycles. The van der Waals surface area contributed by atoms with E-state index < -0.39 is 11.5 Å². The molecule has 0 radical (unpaired) electrons. The Kier molecular flexibility index (Phi) is 5.57. The first-order valence-electron chi connectivity index (χ1n) is 11.0. The van der Waals surface area contributed by atoms with Gasteiger partial charge in [-0.05, 0) is 36.1 Å². The van der Waals surface area contributed by atoms with E-state index >= 15 is 0 Å². The topological polar surface area (TPSA) is 78.1 Å². The number of amides is 1. The lowest BCUT2D eigenvalue weighted by atomic mass is 9.94. The van der Waals surface area contributed by atoms with Crippen LogP contribution in [0.5, 0.6) is 0 Å². The van der Waals surface area contributed by atoms with Crippen LogP contribution in [0.4, 0.5) is 4.39 Å². The molecule has 1 aromatic heterocycles. The van der Waals surface area contributed by atoms with E-state index in [2.05, 4.69) is 32.3 Å². The number of aromatic nitrogens is 2. The van der Waals surface area contributed by atoms with Crippen LogP contribution in [-0.2, 0) is 6.54 Å². The third kappa shape index (κ3) is 4.48. The summed E-state index contributed by atoms with van der Waals surface area (Å²) in [5, 5.41) is 3.02. The number of hydrogen-bond acceptors (Lipinski definition) is 4. The molecule has 1 aliphatic heterocycles. The van der Waals surface area contributed by atoms with Gasteiger partial charge in [0.05, 0.1) is 0 Å². The Morgan fingerprint density at radius 1 is 1.12 bits per heavy atom. The van der Waals surface area contributed by atoms with Crippen LogP contribution in [0.25, 0.3) is 0 Å². The molecule has 0 spiro atoms. The Morgan fingerprint density at radius 2 is 1.94 bits per heavy atom. The van der Waals surface area contributed by atoms with Crippen LogP contribution >= 0.6 is 0 Å². The molecule has 5 rings (SSSR count). The number of likely N-dealkylation sites (tertiary alicyclic amines) is 1. The average molecular weight is 432 g/mol. The molecule has 2 atom stereocenters. The quantitative estimate of drug-likeness (QED) is 0.627. The second kappa shape index (κ2) is 8.67. The molecule has 0 bridgehead atoms. The normalized spacial score (nSPS) is 20.9. The van der Waals surface area contributed by atoms with Crippen LogP contribution < -0.4 is 10.9 Å². The van der Waals surface area contributed by atoms with Gasteiger partial charge in [0.1, 0.15) is 17.2 Å². The van der Waals surface area contributed by atoms with Crippen molar-refractivity contribution in [1.29, 1.82) is 0 Å². The van der Waals surface area contributed by atoms with Crippen molar-refractivity contribution in [3.05, 3.63) is 99.5 Å². The molecule has 1 aliphatic carbocycles. The van der Waals surface area contributed by atoms with Crippen molar-refractivity contribution in [2.24, 2.45) is 0 Å². The smallest absolute Gasteiger partial charge is 0.263 e. The average Bonchev–Trinajstić information content (AvgIpc) is 3.56. The first kappa shape index (κ1) is 20.6. The number of halogens is 1. The molecular formula is C25H25FN4O2. The van der Waals surface area contributed by atoms with Crippen molar-refractivity contribution in [1.82, 2.24) is 20.2 Å². The number of hydrogen-bond donors (Lipinski definition) is 2. The fourth-order valence-electron chi connectivity index (χ4n) is 4.46. The minimum Gasteiger partial charge on any atom is -0.347 e. The fourth-order valence-corrected chi connectivity index (χ4v) is 4.46. The SMILES string of the molecule is O=C(N[C@@H]1CN(Cc2ccccc2)C[C@H]1c1cccc(F)c1)c1cnc(C2CC2)[nH]c1=O. The van der Waals surface area contributed by atoms with E-state index in [9.17, 15) is 14.0 Å². The van der Waals surface area contributed by atoms with Gasteiger partial charge in [-0.2, -0.15) is 0 Å². The molecule has 164 valence electrons. The molecular weight excluding hydrogens is 407 g/mol. The summed E-state index contributed by atoms with van der Waals surface area (Å²) in [6, 6.07) is 16.4. The van der Waals surface area contributed by atoms with Crippen LogP contribution in [0.2, 0.25) is 0 Å². The van der Waals surface area contributed by atoms with E-state index in [1.807, 2.05) is 24.3 Å². The van der Waals surface area contributed by atoms with E-state index in [-0.39, 0.29) is 23.3 Å². The van der Waals surface area contributed by atoms with Gasteiger partial charge in [0.2, 0.25) is 0 Å². The molecule has 32 heavy (non-hydrogen) atoms. The zero-order valence-electron chi connectivity index (χ0n) is 17.6. The lowest BCUT2D eigenvalue weighted by Crippen LogP contribution is -2.42. The predicted molar refractivity (Wildman–Crippen MR) is 119 cm³/mol. The van der Waals surface area contributed by atoms with Gasteiger partial charge >= 0.3 is 0 Å². The molecule has 2 fully saturated rings. The zero-order valence-corrected chi connectivity index (χ0v) is 17.6. The van der Waals surface area contributed by atoms with Crippen molar-refractivity contribution in [2.45, 2.75) is 37.3 Å². The summed E-state index contributed by atoms with van der Waals surface area (Å²) in [6.07, 6.45) is 3.40. The number of nitrogens with zero attached hydrogens (tertiary/aromatic N) is 2. The van der Waals surface area contributed by atoms with Crippen LogP contribution in [0.15, 0.2) is 65.6 Å². The van der Waals surface area contributed by atoms with Gasteiger partial charge in [0.15, 0.2) is 0 Å². The highest BCUT2D eigenvalue weighted by Gasteiger charge is 2.35. The van der Waals surface area contributed by atoms with E-state index in [4.69, 9.17) is 0 Å². The number of H-pyrrole nitrogens is 1. The van der Waals surface area contributed by atoms with Gasteiger partial charge in [-0.25, -0.2) is 9.37 Å². The largest absolute Gasteiger partial charge is 0.347 e. The Hall–Kier alpha value is -3.32. The Morgan fingerprint density at radius 3 is 2.66 bits per heavy atom. The number of rotatable bonds is 6. The van der Waals surface area contributed by atoms with Gasteiger partial charge in [-0.15, -0.1) is 0 Å². The molecule has 1 saturated heterocycles. The van der Waals surface area contributed by atoms with Crippen molar-refractivity contribution >= 4 is 5.91 Å². The minimum absolute atomic E-state index is 0.00824. The minimum atomic E-state index is -0.450. The van der Waals surface area contributed by atoms with Crippen molar-refractivity contribution in [3.63, 3.8) is 0 Å². The van der Waals surface area contributed by atoms with Gasteiger partial charge in [0.25, 0.3) is 11.5 Å². The molecule has 2 aliphatic rings. The van der Waals surface area contributed by atoms with Crippen molar-refractivity contribution in [3.8, 4) is 0 Å². The standard InChI is InChI=1S/C25H25FN4O2/c26-19-8-4-7-18(11-19)21-14-30(13-16-5-2-1-3-6-16)15-22(21)28-24(31)20-12-27-23(17-9-10-17)29-25(20)32/h1-8,11-12,17,21-22H,9-10,13-15H2,(H,28,31)(H,27,29,32)/t21-,22+/m0/s1. The van der Waals surface area contributed by atoms with Crippen molar-refractivity contribution in [2.75, 3.05) is 13.1 Å². The summed E-state index contributed by atoms with van der Waals surface area (Å²) in [6.45, 7) is 2.02. The highest BCUT2D eigenvalue weighted by atomic mass is 19.1. The Balaban J connectivity index is 1.36. The van der Waals surface area contributed by atoms with E-state index in [0.29, 0.717) is 24.8 Å². The van der Waals surface area contributed by atoms with Gasteiger partial charge < -0.3 is 10.3 Å². The van der Waals surface area contributed by atoms with Crippen LogP contribution in [0, 0.1) is 5.82 Å². The number of nitrogens with one attached hydrogen (secondary N) is 2. The molecule has 2 aromatic carbocycles. The molecule has 0 unspecified atom stereocenters. The maximum atomic E-state index is 13.9. The molecule has 3 aromatic rings. The zero-order chi connectivity index (χ0) is 22.1. The van der Waals surface area contributed by atoms with Gasteiger partial charge in [-0.1, -0.05) is 42.5 Å². The number of carbonyl (C=O) groups excluding carboxylic acids is 1. The molecule has 1 amide bonds. The molecule has 2 N–H and O–H groups in total. The van der Waals surface area contributed by atoms with Crippen LogP contribution in [0.1, 0.15) is 52.0 Å². The molecule has 6 nitrogen and oxygen atoms in total. The van der Waals surface area contributed by atoms with Crippen molar-refractivity contribution < 1.29 is 9.18 Å². The van der Waals surface area contributed by atoms with Crippen LogP contribution in [-0.4, -0.2) is 39.9 Å². The summed E-state index contributed by atoms with van der Waals surface area (Å²) in [5.41, 5.74) is 1.60. The van der Waals surface area contributed by atoms with Gasteiger partial charge in [0, 0.05) is 43.7 Å². The second-order valence-electron chi connectivity index (χ2n) is 8.71. The maximum absolute atomic E-state index is 13.9. The highest BCUT2D eigenvalue weighted by Crippen LogP contribution is 2.37. The van der Waals surface area contributed by atoms with Gasteiger partial charge in [-0.3, -0.25) is 14.5 Å². The molecule has 7 heteroatoms. The summed E-state index contributed by atoms with van der Waals surface area (Å²) in [7, 11) is 0. The van der Waals surface area contributed by atoms with E-state index in [1.165, 1.54) is 23.9 Å². The van der Waals surface area contributed by atoms with Crippen LogP contribution in [0.3, 0.4) is 0 Å². The third-order valence-electron chi connectivity index (χ3n) is 6.27. The number of aromatic amines is 1. The maximum Gasteiger partial charge on any atom is 0.263 e. The lowest BCUT2D eigenvalue weighted by molar-refractivity contribution is 0.0933. The summed E-state index contributed by atoms with van der Waals surface area (Å²) in [4.78, 5) is 34.7. The monoisotopic (exact) mass is 432 g/mol. The first-order chi connectivity index (χ1) is 15.6. The fraction of sp³-hybridized carbons (Fsp3) is 0.320. The van der Waals surface area contributed by atoms with E-state index in [1.54, 1.807) is 6.07 Å². The Bertz CT molecular complexity index is 1180. The number of carbonyl (C=O) groups is 1. The summed E-state index contributed by atoms with van der Waals surface area (Å²) in [5.74, 6) is 0.119. The third-order valence-corrected chi connectivity index (χ3v) is 6.27. The van der Waals surface area contributed by atoms with E-state index in [0.717, 1.165) is 24.9 Å².